The Morgan fingerprint density at radius 2 is 1.79 bits per heavy atom. The number of hydrogen-bond acceptors (Lipinski definition) is 1. The largest absolute Gasteiger partial charge is 0.393 e. The fourth-order valence-electron chi connectivity index (χ4n) is 8.67. The molecule has 3 fully saturated rings. The molecule has 0 aromatic carbocycles. The van der Waals surface area contributed by atoms with Crippen LogP contribution in [0.15, 0.2) is 11.6 Å². The van der Waals surface area contributed by atoms with Crippen molar-refractivity contribution < 1.29 is 5.11 Å². The van der Waals surface area contributed by atoms with Gasteiger partial charge in [0.2, 0.25) is 0 Å². The van der Waals surface area contributed by atoms with Gasteiger partial charge in [-0.3, -0.25) is 0 Å². The molecule has 1 nitrogen and oxygen atoms in total. The van der Waals surface area contributed by atoms with Crippen LogP contribution in [0.3, 0.4) is 0 Å². The normalized spacial score (nSPS) is 46.5. The highest BCUT2D eigenvalue weighted by molar-refractivity contribution is 5.25. The fourth-order valence-corrected chi connectivity index (χ4v) is 8.67. The van der Waals surface area contributed by atoms with Crippen LogP contribution in [0.1, 0.15) is 105 Å². The Kier molecular flexibility index (Phi) is 5.80. The summed E-state index contributed by atoms with van der Waals surface area (Å²) in [5, 5.41) is 10.2. The van der Waals surface area contributed by atoms with Gasteiger partial charge in [0.15, 0.2) is 0 Å². The van der Waals surface area contributed by atoms with Crippen molar-refractivity contribution >= 4 is 0 Å². The number of hydrogen-bond donors (Lipinski definition) is 1. The smallest absolute Gasteiger partial charge is 0.0577 e. The minimum atomic E-state index is -0.0766. The van der Waals surface area contributed by atoms with E-state index in [1.807, 2.05) is 0 Å². The van der Waals surface area contributed by atoms with Crippen LogP contribution in [0.5, 0.6) is 0 Å². The third-order valence-electron chi connectivity index (χ3n) is 10.3. The van der Waals surface area contributed by atoms with Gasteiger partial charge in [0, 0.05) is 0 Å². The first-order chi connectivity index (χ1) is 13.3. The molecule has 0 saturated heterocycles. The third-order valence-corrected chi connectivity index (χ3v) is 10.3. The molecule has 0 spiro atoms. The molecule has 0 radical (unpaired) electrons. The van der Waals surface area contributed by atoms with Crippen molar-refractivity contribution in [1.29, 1.82) is 0 Å². The van der Waals surface area contributed by atoms with Gasteiger partial charge in [-0.2, -0.15) is 0 Å². The molecule has 4 aliphatic rings. The molecule has 3 saturated carbocycles. The molecule has 160 valence electrons. The molecule has 1 unspecified atom stereocenters. The lowest BCUT2D eigenvalue weighted by Crippen LogP contribution is -2.50. The summed E-state index contributed by atoms with van der Waals surface area (Å²) in [6.07, 6.45) is 17.2. The first kappa shape index (κ1) is 21.0. The van der Waals surface area contributed by atoms with Gasteiger partial charge in [-0.1, -0.05) is 65.5 Å². The van der Waals surface area contributed by atoms with Crippen molar-refractivity contribution in [2.24, 2.45) is 46.3 Å². The number of allylic oxidation sites excluding steroid dienone is 1. The molecule has 0 heterocycles. The molecule has 1 N–H and O–H groups in total. The number of rotatable bonds is 5. The quantitative estimate of drug-likeness (QED) is 0.488. The Balaban J connectivity index is 1.49. The molecule has 0 aromatic rings. The minimum Gasteiger partial charge on any atom is -0.393 e. The predicted molar refractivity (Wildman–Crippen MR) is 119 cm³/mol. The van der Waals surface area contributed by atoms with Crippen molar-refractivity contribution in [3.63, 3.8) is 0 Å². The van der Waals surface area contributed by atoms with E-state index in [2.05, 4.69) is 40.7 Å². The molecule has 4 rings (SSSR count). The maximum Gasteiger partial charge on any atom is 0.0577 e. The molecule has 0 aromatic heterocycles. The van der Waals surface area contributed by atoms with Crippen LogP contribution < -0.4 is 0 Å². The van der Waals surface area contributed by atoms with Gasteiger partial charge in [0.25, 0.3) is 0 Å². The third kappa shape index (κ3) is 3.42. The van der Waals surface area contributed by atoms with E-state index < -0.39 is 0 Å². The van der Waals surface area contributed by atoms with Crippen LogP contribution in [0.4, 0.5) is 0 Å². The molecular formula is C27H46O. The second-order valence-corrected chi connectivity index (χ2v) is 12.2. The molecule has 28 heavy (non-hydrogen) atoms. The lowest BCUT2D eigenvalue weighted by Gasteiger charge is -2.58. The zero-order valence-corrected chi connectivity index (χ0v) is 19.3. The lowest BCUT2D eigenvalue weighted by atomic mass is 9.47. The summed E-state index contributed by atoms with van der Waals surface area (Å²) in [5.74, 6) is 5.46. The van der Waals surface area contributed by atoms with Gasteiger partial charge < -0.3 is 5.11 Å². The Bertz CT molecular complexity index is 591. The zero-order valence-electron chi connectivity index (χ0n) is 19.3. The van der Waals surface area contributed by atoms with Gasteiger partial charge in [0.1, 0.15) is 0 Å². The van der Waals surface area contributed by atoms with Crippen molar-refractivity contribution in [3.8, 4) is 0 Å². The zero-order chi connectivity index (χ0) is 20.1. The van der Waals surface area contributed by atoms with Gasteiger partial charge >= 0.3 is 0 Å². The van der Waals surface area contributed by atoms with Crippen molar-refractivity contribution in [2.75, 3.05) is 0 Å². The fraction of sp³-hybridized carbons (Fsp3) is 0.926. The van der Waals surface area contributed by atoms with Crippen molar-refractivity contribution in [1.82, 2.24) is 0 Å². The molecule has 4 aliphatic carbocycles. The van der Waals surface area contributed by atoms with Crippen LogP contribution in [0, 0.1) is 46.3 Å². The van der Waals surface area contributed by atoms with Crippen LogP contribution in [0.2, 0.25) is 0 Å². The van der Waals surface area contributed by atoms with E-state index in [0.717, 1.165) is 48.3 Å². The van der Waals surface area contributed by atoms with E-state index in [4.69, 9.17) is 0 Å². The molecule has 8 atom stereocenters. The topological polar surface area (TPSA) is 20.2 Å². The van der Waals surface area contributed by atoms with E-state index >= 15 is 0 Å². The molecule has 0 amide bonds. The number of aliphatic hydroxyl groups excluding tert-OH is 1. The maximum atomic E-state index is 10.2. The van der Waals surface area contributed by atoms with Crippen LogP contribution in [-0.2, 0) is 0 Å². The van der Waals surface area contributed by atoms with Gasteiger partial charge in [-0.25, -0.2) is 0 Å². The van der Waals surface area contributed by atoms with Crippen molar-refractivity contribution in [3.05, 3.63) is 11.6 Å². The van der Waals surface area contributed by atoms with Crippen LogP contribution in [-0.4, -0.2) is 11.2 Å². The average Bonchev–Trinajstić information content (AvgIpc) is 2.99. The number of aliphatic hydroxyl groups is 1. The predicted octanol–water partition coefficient (Wildman–Crippen LogP) is 7.39. The van der Waals surface area contributed by atoms with E-state index in [9.17, 15) is 5.11 Å². The maximum absolute atomic E-state index is 10.2. The molecule has 0 aliphatic heterocycles. The van der Waals surface area contributed by atoms with E-state index in [1.165, 1.54) is 57.8 Å². The molecule has 1 heteroatoms. The first-order valence-electron chi connectivity index (χ1n) is 12.6. The van der Waals surface area contributed by atoms with E-state index in [0.29, 0.717) is 10.8 Å². The summed E-state index contributed by atoms with van der Waals surface area (Å²) < 4.78 is 0. The lowest BCUT2D eigenvalue weighted by molar-refractivity contribution is -0.0573. The SMILES string of the molecule is CC(C)CCCC(C)[C@H]1CC[C@H]2[C@@H]3CC=C4C[C@H](O)CC[C@]4(C)[C@H]3CC[C@]12C. The molecule has 0 bridgehead atoms. The highest BCUT2D eigenvalue weighted by Gasteiger charge is 2.59. The Hall–Kier alpha value is -0.300. The monoisotopic (exact) mass is 386 g/mol. The van der Waals surface area contributed by atoms with Crippen molar-refractivity contribution in [2.45, 2.75) is 111 Å². The summed E-state index contributed by atoms with van der Waals surface area (Å²) in [4.78, 5) is 0. The summed E-state index contributed by atoms with van der Waals surface area (Å²) >= 11 is 0. The average molecular weight is 387 g/mol. The number of fused-ring (bicyclic) bond motifs is 5. The van der Waals surface area contributed by atoms with Gasteiger partial charge in [-0.05, 0) is 97.7 Å². The minimum absolute atomic E-state index is 0.0766. The summed E-state index contributed by atoms with van der Waals surface area (Å²) in [6.45, 7) is 12.6. The second kappa shape index (κ2) is 7.75. The van der Waals surface area contributed by atoms with Crippen LogP contribution in [0.25, 0.3) is 0 Å². The second-order valence-electron chi connectivity index (χ2n) is 12.2. The first-order valence-corrected chi connectivity index (χ1v) is 12.6. The van der Waals surface area contributed by atoms with Gasteiger partial charge in [-0.15, -0.1) is 0 Å². The molecular weight excluding hydrogens is 340 g/mol. The Morgan fingerprint density at radius 1 is 1.00 bits per heavy atom. The van der Waals surface area contributed by atoms with E-state index in [1.54, 1.807) is 5.57 Å². The standard InChI is InChI=1S/C27H46O/c1-18(2)7-6-8-19(3)23-11-12-24-22-10-9-20-17-21(28)13-15-26(20,4)25(22)14-16-27(23,24)5/h9,18-19,21-25,28H,6-8,10-17H2,1-5H3/t19?,21-,22+,23-,24+,25+,26+,27-/m1/s1. The van der Waals surface area contributed by atoms with Gasteiger partial charge in [0.05, 0.1) is 6.10 Å². The summed E-state index contributed by atoms with van der Waals surface area (Å²) in [7, 11) is 0. The Morgan fingerprint density at radius 3 is 2.54 bits per heavy atom. The highest BCUT2D eigenvalue weighted by Crippen LogP contribution is 2.67. The Labute approximate surface area is 174 Å². The summed E-state index contributed by atoms with van der Waals surface area (Å²) in [5.41, 5.74) is 2.60. The summed E-state index contributed by atoms with van der Waals surface area (Å²) in [6, 6.07) is 0. The van der Waals surface area contributed by atoms with Crippen LogP contribution >= 0.6 is 0 Å². The van der Waals surface area contributed by atoms with E-state index in [-0.39, 0.29) is 6.10 Å². The highest BCUT2D eigenvalue weighted by atomic mass is 16.3.